The average Bonchev–Trinajstić information content (AvgIpc) is 1.53. The predicted octanol–water partition coefficient (Wildman–Crippen LogP) is 36.9. The predicted molar refractivity (Wildman–Crippen MR) is 604 cm³/mol. The van der Waals surface area contributed by atoms with Gasteiger partial charge in [0, 0.05) is 128 Å². The quantitative estimate of drug-likeness (QED) is 0.0717. The van der Waals surface area contributed by atoms with Gasteiger partial charge in [0.2, 0.25) is 0 Å². The van der Waals surface area contributed by atoms with Crippen LogP contribution in [0.3, 0.4) is 0 Å². The van der Waals surface area contributed by atoms with Crippen LogP contribution in [0.25, 0.3) is 165 Å². The third-order valence-corrected chi connectivity index (χ3v) is 29.6. The molecular formula is C135H103N7O2. The van der Waals surface area contributed by atoms with E-state index in [-0.39, 0.29) is 0 Å². The second kappa shape index (κ2) is 37.3. The number of anilines is 9. The van der Waals surface area contributed by atoms with E-state index in [1.165, 1.54) is 141 Å². The van der Waals surface area contributed by atoms with E-state index in [1.54, 1.807) is 0 Å². The third-order valence-electron chi connectivity index (χ3n) is 29.6. The minimum absolute atomic E-state index is 0.301. The fraction of sp³-hybridized carbons (Fsp3) is 0.0815. The van der Waals surface area contributed by atoms with Gasteiger partial charge in [-0.2, -0.15) is 0 Å². The van der Waals surface area contributed by atoms with E-state index >= 15 is 0 Å². The van der Waals surface area contributed by atoms with Crippen LogP contribution in [0, 0.1) is 6.92 Å². The second-order valence-electron chi connectivity index (χ2n) is 38.2. The average molecular weight is 1860 g/mol. The van der Waals surface area contributed by atoms with Gasteiger partial charge in [0.05, 0.1) is 56.3 Å². The SMILES string of the molecule is Cc1cc(N(c2ccc(OC3CCCC3)cc2)c2ccc(OC3CCCC3)cc2)ccc1-c1cc2c3ccccc3n(-c3ccc(-c4ccccc4)cc3)c2c2c1c1ccccc1n2-c1ccc2ccccc2c1.c1ccc(N(c2ccccc2)c2ccc(-c3c(-c4ccc(N(c5ccccc5)c5ccccc5)cc4)c4c5ccccc5n(-c5ccccc5)c4c4c3c3ccccc3n4-c3ccccc3)cc2)cc1. The van der Waals surface area contributed by atoms with Crippen LogP contribution in [-0.4, -0.2) is 30.5 Å². The smallest absolute Gasteiger partial charge is 0.119 e. The monoisotopic (exact) mass is 1850 g/mol. The van der Waals surface area contributed by atoms with E-state index in [0.29, 0.717) is 12.2 Å². The molecule has 0 N–H and O–H groups in total. The van der Waals surface area contributed by atoms with E-state index in [0.717, 1.165) is 144 Å². The lowest BCUT2D eigenvalue weighted by Gasteiger charge is -2.27. The van der Waals surface area contributed by atoms with Crippen molar-refractivity contribution in [1.29, 1.82) is 0 Å². The van der Waals surface area contributed by atoms with Crippen molar-refractivity contribution >= 4 is 149 Å². The first kappa shape index (κ1) is 86.4. The number of aryl methyl sites for hydroxylation is 1. The lowest BCUT2D eigenvalue weighted by molar-refractivity contribution is 0.210. The van der Waals surface area contributed by atoms with Crippen LogP contribution < -0.4 is 24.2 Å². The summed E-state index contributed by atoms with van der Waals surface area (Å²) in [6.07, 6.45) is 10.1. The van der Waals surface area contributed by atoms with Crippen molar-refractivity contribution in [3.63, 3.8) is 0 Å². The summed E-state index contributed by atoms with van der Waals surface area (Å²) in [5.41, 5.74) is 34.3. The summed E-state index contributed by atoms with van der Waals surface area (Å²) in [7, 11) is 0. The topological polar surface area (TPSA) is 47.9 Å². The molecule has 21 aromatic carbocycles. The van der Waals surface area contributed by atoms with Crippen LogP contribution in [0.15, 0.2) is 497 Å². The highest BCUT2D eigenvalue weighted by molar-refractivity contribution is 6.34. The molecule has 27 rings (SSSR count). The molecule has 0 radical (unpaired) electrons. The summed E-state index contributed by atoms with van der Waals surface area (Å²) in [6, 6.07) is 181. The molecule has 2 fully saturated rings. The molecule has 0 atom stereocenters. The van der Waals surface area contributed by atoms with Gasteiger partial charge in [-0.1, -0.05) is 285 Å². The summed E-state index contributed by atoms with van der Waals surface area (Å²) >= 11 is 0. The fourth-order valence-corrected chi connectivity index (χ4v) is 23.1. The van der Waals surface area contributed by atoms with Gasteiger partial charge in [-0.15, -0.1) is 0 Å². The normalized spacial score (nSPS) is 12.9. The molecule has 2 saturated carbocycles. The molecular weight excluding hydrogens is 1750 g/mol. The van der Waals surface area contributed by atoms with Gasteiger partial charge < -0.3 is 42.4 Å². The van der Waals surface area contributed by atoms with Crippen molar-refractivity contribution in [3.05, 3.63) is 503 Å². The Morgan fingerprint density at radius 1 is 0.208 bits per heavy atom. The largest absolute Gasteiger partial charge is 0.490 e. The first-order valence-corrected chi connectivity index (χ1v) is 50.6. The van der Waals surface area contributed by atoms with Crippen LogP contribution in [0.1, 0.15) is 56.9 Å². The molecule has 690 valence electrons. The van der Waals surface area contributed by atoms with Crippen LogP contribution in [-0.2, 0) is 0 Å². The third kappa shape index (κ3) is 15.6. The summed E-state index contributed by atoms with van der Waals surface area (Å²) in [5.74, 6) is 1.86. The van der Waals surface area contributed by atoms with Gasteiger partial charge in [-0.05, 0) is 320 Å². The molecule has 25 aromatic rings. The molecule has 4 aromatic heterocycles. The van der Waals surface area contributed by atoms with Crippen molar-refractivity contribution < 1.29 is 9.47 Å². The lowest BCUT2D eigenvalue weighted by Crippen LogP contribution is -2.13. The van der Waals surface area contributed by atoms with E-state index < -0.39 is 0 Å². The lowest BCUT2D eigenvalue weighted by atomic mass is 9.86. The van der Waals surface area contributed by atoms with E-state index in [4.69, 9.17) is 9.47 Å². The van der Waals surface area contributed by atoms with Crippen molar-refractivity contribution in [2.24, 2.45) is 0 Å². The van der Waals surface area contributed by atoms with Gasteiger partial charge in [0.15, 0.2) is 0 Å². The maximum atomic E-state index is 6.47. The fourth-order valence-electron chi connectivity index (χ4n) is 23.1. The molecule has 9 heteroatoms. The van der Waals surface area contributed by atoms with Gasteiger partial charge in [-0.3, -0.25) is 0 Å². The van der Waals surface area contributed by atoms with Crippen LogP contribution in [0.2, 0.25) is 0 Å². The Bertz CT molecular complexity index is 8630. The molecule has 0 aliphatic heterocycles. The number of hydrogen-bond acceptors (Lipinski definition) is 5. The molecule has 0 unspecified atom stereocenters. The van der Waals surface area contributed by atoms with Gasteiger partial charge >= 0.3 is 0 Å². The number of nitrogens with zero attached hydrogens (tertiary/aromatic N) is 7. The molecule has 0 bridgehead atoms. The molecule has 0 amide bonds. The van der Waals surface area contributed by atoms with Crippen LogP contribution >= 0.6 is 0 Å². The molecule has 144 heavy (non-hydrogen) atoms. The van der Waals surface area contributed by atoms with Crippen molar-refractivity contribution in [3.8, 4) is 78.8 Å². The second-order valence-corrected chi connectivity index (χ2v) is 38.2. The molecule has 2 aliphatic carbocycles. The number of hydrogen-bond donors (Lipinski definition) is 0. The maximum absolute atomic E-state index is 6.47. The van der Waals surface area contributed by atoms with Crippen molar-refractivity contribution in [2.75, 3.05) is 14.7 Å². The first-order chi connectivity index (χ1) is 71.4. The standard InChI is InChI=1S/C69H57N3O2.C66H46N4/c1-46-43-54(70(51-33-38-58(39-34-51)73-56-19-7-8-20-56)52-35-40-59(41-36-52)74-57-21-9-10-22-57)37-42-60(46)63-45-64-61-23-11-13-25-65(61)71(53-30-27-49(28-31-53)47-15-3-2-4-16-47)68(64)69-67(63)62-24-12-14-26-66(62)72(69)55-32-29-48-17-5-6-18-50(48)44-55;1-7-23-49(24-8-1)67(50-25-9-2-10-26-50)55-43-39-47(40-44-55)61-62(48-41-45-56(46-42-48)68(51-27-11-3-12-28-51)52-29-13-4-14-30-52)64-58-36-20-22-38-60(58)70(54-33-17-6-18-34-54)66(64)65-63(61)57-35-19-21-37-59(57)69(65)53-31-15-5-16-32-53/h2-6,11-18,23-45,56-57H,7-10,19-22H2,1H3;1-46H. The molecule has 4 heterocycles. The Kier molecular flexibility index (Phi) is 22.4. The number of aromatic nitrogens is 4. The zero-order valence-corrected chi connectivity index (χ0v) is 80.1. The minimum atomic E-state index is 0.301. The maximum Gasteiger partial charge on any atom is 0.119 e. The Hall–Kier alpha value is -17.9. The highest BCUT2D eigenvalue weighted by atomic mass is 16.5. The summed E-state index contributed by atoms with van der Waals surface area (Å²) in [6.45, 7) is 2.28. The Labute approximate surface area is 838 Å². The minimum Gasteiger partial charge on any atom is -0.490 e. The van der Waals surface area contributed by atoms with E-state index in [1.807, 2.05) is 0 Å². The Morgan fingerprint density at radius 3 is 0.951 bits per heavy atom. The summed E-state index contributed by atoms with van der Waals surface area (Å²) in [5, 5.41) is 12.1. The van der Waals surface area contributed by atoms with Gasteiger partial charge in [0.25, 0.3) is 0 Å². The van der Waals surface area contributed by atoms with E-state index in [2.05, 4.69) is 537 Å². The first-order valence-electron chi connectivity index (χ1n) is 50.6. The van der Waals surface area contributed by atoms with Crippen molar-refractivity contribution in [1.82, 2.24) is 18.3 Å². The number of fused-ring (bicyclic) bond motifs is 15. The highest BCUT2D eigenvalue weighted by Crippen LogP contribution is 2.55. The van der Waals surface area contributed by atoms with Crippen LogP contribution in [0.4, 0.5) is 51.2 Å². The van der Waals surface area contributed by atoms with Gasteiger partial charge in [-0.25, -0.2) is 0 Å². The zero-order chi connectivity index (χ0) is 95.5. The highest BCUT2D eigenvalue weighted by Gasteiger charge is 2.33. The zero-order valence-electron chi connectivity index (χ0n) is 80.1. The Morgan fingerprint density at radius 2 is 0.514 bits per heavy atom. The molecule has 0 spiro atoms. The molecule has 0 saturated heterocycles. The van der Waals surface area contributed by atoms with Crippen LogP contribution in [0.5, 0.6) is 11.5 Å². The number of para-hydroxylation sites is 10. The number of rotatable bonds is 21. The Balaban J connectivity index is 0.000000147. The summed E-state index contributed by atoms with van der Waals surface area (Å²) in [4.78, 5) is 7.04. The molecule has 2 aliphatic rings. The number of ether oxygens (including phenoxy) is 2. The van der Waals surface area contributed by atoms with Gasteiger partial charge in [0.1, 0.15) is 11.5 Å². The molecule has 9 nitrogen and oxygen atoms in total. The van der Waals surface area contributed by atoms with Crippen molar-refractivity contribution in [2.45, 2.75) is 70.5 Å². The van der Waals surface area contributed by atoms with E-state index in [9.17, 15) is 0 Å². The summed E-state index contributed by atoms with van der Waals surface area (Å²) < 4.78 is 23.0. The number of benzene rings is 21.